The standard InChI is InChI=1S/C20H17N3O2S/c1-2-8-23-19(24)13-26-20(23)16-10-21-17-11-22-18(9-15(16)17)25-12-14-6-4-3-5-7-14/h1,3-7,9-11,20-21H,8,12-13H2. The second kappa shape index (κ2) is 7.14. The number of terminal acetylenes is 1. The number of carbonyl (C=O) groups excluding carboxylic acids is 1. The van der Waals surface area contributed by atoms with Gasteiger partial charge in [-0.2, -0.15) is 0 Å². The van der Waals surface area contributed by atoms with Crippen molar-refractivity contribution < 1.29 is 9.53 Å². The Morgan fingerprint density at radius 1 is 1.38 bits per heavy atom. The molecular formula is C20H17N3O2S. The Bertz CT molecular complexity index is 978. The van der Waals surface area contributed by atoms with E-state index in [1.54, 1.807) is 22.9 Å². The number of nitrogens with zero attached hydrogens (tertiary/aromatic N) is 2. The van der Waals surface area contributed by atoms with Crippen molar-refractivity contribution in [3.63, 3.8) is 0 Å². The topological polar surface area (TPSA) is 58.2 Å². The molecule has 1 saturated heterocycles. The van der Waals surface area contributed by atoms with E-state index in [2.05, 4.69) is 15.9 Å². The number of ether oxygens (including phenoxy) is 1. The summed E-state index contributed by atoms with van der Waals surface area (Å²) >= 11 is 1.59. The lowest BCUT2D eigenvalue weighted by atomic mass is 10.2. The van der Waals surface area contributed by atoms with Crippen molar-refractivity contribution in [1.29, 1.82) is 0 Å². The zero-order chi connectivity index (χ0) is 17.9. The zero-order valence-corrected chi connectivity index (χ0v) is 14.8. The van der Waals surface area contributed by atoms with Gasteiger partial charge in [-0.25, -0.2) is 4.98 Å². The van der Waals surface area contributed by atoms with E-state index in [1.165, 1.54) is 0 Å². The predicted octanol–water partition coefficient (Wildman–Crippen LogP) is 3.35. The number of amides is 1. The van der Waals surface area contributed by atoms with Gasteiger partial charge in [0.25, 0.3) is 0 Å². The Labute approximate surface area is 155 Å². The number of thioether (sulfide) groups is 1. The minimum Gasteiger partial charge on any atom is -0.473 e. The normalized spacial score (nSPS) is 16.8. The minimum atomic E-state index is -0.0864. The van der Waals surface area contributed by atoms with Gasteiger partial charge < -0.3 is 14.6 Å². The van der Waals surface area contributed by atoms with Gasteiger partial charge in [0.05, 0.1) is 24.0 Å². The van der Waals surface area contributed by atoms with E-state index < -0.39 is 0 Å². The maximum atomic E-state index is 12.1. The van der Waals surface area contributed by atoms with E-state index in [9.17, 15) is 4.79 Å². The molecule has 1 atom stereocenters. The lowest BCUT2D eigenvalue weighted by molar-refractivity contribution is -0.127. The lowest BCUT2D eigenvalue weighted by Crippen LogP contribution is -2.28. The van der Waals surface area contributed by atoms with Crippen LogP contribution in [0.1, 0.15) is 16.5 Å². The molecule has 1 fully saturated rings. The molecule has 4 rings (SSSR count). The fourth-order valence-electron chi connectivity index (χ4n) is 3.02. The molecule has 130 valence electrons. The summed E-state index contributed by atoms with van der Waals surface area (Å²) in [6.45, 7) is 0.768. The minimum absolute atomic E-state index is 0.0712. The molecule has 0 bridgehead atoms. The highest BCUT2D eigenvalue weighted by Crippen LogP contribution is 2.41. The van der Waals surface area contributed by atoms with Gasteiger partial charge in [0.1, 0.15) is 12.0 Å². The summed E-state index contributed by atoms with van der Waals surface area (Å²) in [6, 6.07) is 11.9. The summed E-state index contributed by atoms with van der Waals surface area (Å²) in [6.07, 6.45) is 9.11. The van der Waals surface area contributed by atoms with Gasteiger partial charge in [-0.1, -0.05) is 36.3 Å². The van der Waals surface area contributed by atoms with Crippen molar-refractivity contribution in [2.75, 3.05) is 12.3 Å². The highest BCUT2D eigenvalue weighted by atomic mass is 32.2. The zero-order valence-electron chi connectivity index (χ0n) is 14.0. The molecule has 6 heteroatoms. The second-order valence-corrected chi connectivity index (χ2v) is 7.04. The quantitative estimate of drug-likeness (QED) is 0.707. The Kier molecular flexibility index (Phi) is 4.55. The molecule has 1 aliphatic heterocycles. The van der Waals surface area contributed by atoms with Crippen LogP contribution in [-0.2, 0) is 11.4 Å². The van der Waals surface area contributed by atoms with Gasteiger partial charge in [0.15, 0.2) is 0 Å². The molecule has 1 amide bonds. The van der Waals surface area contributed by atoms with Gasteiger partial charge in [0.2, 0.25) is 11.8 Å². The van der Waals surface area contributed by atoms with Crippen molar-refractivity contribution >= 4 is 28.6 Å². The molecule has 3 heterocycles. The molecule has 0 spiro atoms. The molecule has 3 aromatic rings. The van der Waals surface area contributed by atoms with E-state index in [4.69, 9.17) is 11.2 Å². The summed E-state index contributed by atoms with van der Waals surface area (Å²) < 4.78 is 5.84. The predicted molar refractivity (Wildman–Crippen MR) is 103 cm³/mol. The number of carbonyl (C=O) groups is 1. The summed E-state index contributed by atoms with van der Waals surface area (Å²) in [4.78, 5) is 21.4. The summed E-state index contributed by atoms with van der Waals surface area (Å²) in [5, 5.41) is 0.911. The number of rotatable bonds is 5. The average Bonchev–Trinajstić information content (AvgIpc) is 3.24. The highest BCUT2D eigenvalue weighted by Gasteiger charge is 2.33. The number of nitrogens with one attached hydrogen (secondary N) is 1. The Balaban J connectivity index is 1.61. The number of aromatic amines is 1. The number of fused-ring (bicyclic) bond motifs is 1. The van der Waals surface area contributed by atoms with Gasteiger partial charge in [-0.3, -0.25) is 4.79 Å². The Morgan fingerprint density at radius 3 is 3.04 bits per heavy atom. The van der Waals surface area contributed by atoms with Crippen LogP contribution in [0.4, 0.5) is 0 Å². The average molecular weight is 363 g/mol. The van der Waals surface area contributed by atoms with Gasteiger partial charge in [0, 0.05) is 23.2 Å². The molecule has 1 aliphatic rings. The summed E-state index contributed by atoms with van der Waals surface area (Å²) in [5.74, 6) is 3.65. The monoisotopic (exact) mass is 363 g/mol. The number of hydrogen-bond acceptors (Lipinski definition) is 4. The number of H-pyrrole nitrogens is 1. The number of aromatic nitrogens is 2. The van der Waals surface area contributed by atoms with Crippen molar-refractivity contribution in [2.45, 2.75) is 12.0 Å². The van der Waals surface area contributed by atoms with Crippen LogP contribution >= 0.6 is 11.8 Å². The van der Waals surface area contributed by atoms with Crippen LogP contribution in [0.5, 0.6) is 5.88 Å². The van der Waals surface area contributed by atoms with Gasteiger partial charge in [-0.05, 0) is 5.56 Å². The van der Waals surface area contributed by atoms with Crippen LogP contribution in [0, 0.1) is 12.3 Å². The molecule has 0 saturated carbocycles. The van der Waals surface area contributed by atoms with Crippen molar-refractivity contribution in [3.8, 4) is 18.2 Å². The maximum absolute atomic E-state index is 12.1. The summed E-state index contributed by atoms with van der Waals surface area (Å²) in [5.41, 5.74) is 3.02. The first kappa shape index (κ1) is 16.6. The fourth-order valence-corrected chi connectivity index (χ4v) is 4.23. The first-order valence-electron chi connectivity index (χ1n) is 8.24. The van der Waals surface area contributed by atoms with Crippen LogP contribution in [-0.4, -0.2) is 33.1 Å². The van der Waals surface area contributed by atoms with Crippen LogP contribution in [0.15, 0.2) is 48.8 Å². The molecule has 2 aromatic heterocycles. The molecule has 5 nitrogen and oxygen atoms in total. The first-order chi connectivity index (χ1) is 12.8. The van der Waals surface area contributed by atoms with E-state index in [0.29, 0.717) is 24.8 Å². The van der Waals surface area contributed by atoms with Crippen LogP contribution < -0.4 is 4.74 Å². The largest absolute Gasteiger partial charge is 0.473 e. The molecule has 1 unspecified atom stereocenters. The highest BCUT2D eigenvalue weighted by molar-refractivity contribution is 8.00. The smallest absolute Gasteiger partial charge is 0.234 e. The van der Waals surface area contributed by atoms with Crippen LogP contribution in [0.25, 0.3) is 10.9 Å². The third-order valence-electron chi connectivity index (χ3n) is 4.30. The lowest BCUT2D eigenvalue weighted by Gasteiger charge is -2.21. The number of pyridine rings is 1. The summed E-state index contributed by atoms with van der Waals surface area (Å²) in [7, 11) is 0. The van der Waals surface area contributed by atoms with Crippen molar-refractivity contribution in [2.24, 2.45) is 0 Å². The number of benzene rings is 1. The SMILES string of the molecule is C#CCN1C(=O)CSC1c1c[nH]c2cnc(OCc3ccccc3)cc12. The molecule has 0 radical (unpaired) electrons. The fraction of sp³-hybridized carbons (Fsp3) is 0.200. The third kappa shape index (κ3) is 3.14. The van der Waals surface area contributed by atoms with Crippen molar-refractivity contribution in [3.05, 3.63) is 59.9 Å². The molecular weight excluding hydrogens is 346 g/mol. The number of hydrogen-bond donors (Lipinski definition) is 1. The Hall–Kier alpha value is -2.91. The van der Waals surface area contributed by atoms with Crippen molar-refractivity contribution in [1.82, 2.24) is 14.9 Å². The Morgan fingerprint density at radius 2 is 2.23 bits per heavy atom. The van der Waals surface area contributed by atoms with Crippen LogP contribution in [0.2, 0.25) is 0 Å². The molecule has 1 N–H and O–H groups in total. The molecule has 0 aliphatic carbocycles. The molecule has 26 heavy (non-hydrogen) atoms. The first-order valence-corrected chi connectivity index (χ1v) is 9.29. The van der Waals surface area contributed by atoms with Gasteiger partial charge >= 0.3 is 0 Å². The second-order valence-electron chi connectivity index (χ2n) is 5.98. The van der Waals surface area contributed by atoms with E-state index in [-0.39, 0.29) is 11.3 Å². The third-order valence-corrected chi connectivity index (χ3v) is 5.54. The van der Waals surface area contributed by atoms with E-state index in [0.717, 1.165) is 22.0 Å². The molecule has 1 aromatic carbocycles. The van der Waals surface area contributed by atoms with Crippen LogP contribution in [0.3, 0.4) is 0 Å². The van der Waals surface area contributed by atoms with E-state index in [1.807, 2.05) is 42.6 Å². The van der Waals surface area contributed by atoms with E-state index >= 15 is 0 Å². The maximum Gasteiger partial charge on any atom is 0.234 e. The van der Waals surface area contributed by atoms with Gasteiger partial charge in [-0.15, -0.1) is 18.2 Å².